The lowest BCUT2D eigenvalue weighted by molar-refractivity contribution is -0.119. The van der Waals surface area contributed by atoms with Gasteiger partial charge in [0.05, 0.1) is 11.9 Å². The average molecular weight is 444 g/mol. The number of sulfonamides is 1. The number of hydrogen-bond acceptors (Lipinski definition) is 4. The van der Waals surface area contributed by atoms with Crippen LogP contribution in [-0.2, 0) is 27.9 Å². The third-order valence-electron chi connectivity index (χ3n) is 5.87. The summed E-state index contributed by atoms with van der Waals surface area (Å²) in [5, 5.41) is 2.88. The molecule has 1 saturated heterocycles. The van der Waals surface area contributed by atoms with Crippen molar-refractivity contribution < 1.29 is 13.2 Å². The maximum absolute atomic E-state index is 12.6. The van der Waals surface area contributed by atoms with E-state index >= 15 is 0 Å². The second-order valence-electron chi connectivity index (χ2n) is 8.42. The first kappa shape index (κ1) is 23.3. The Hall–Kier alpha value is -2.38. The van der Waals surface area contributed by atoms with Crippen molar-refractivity contribution in [1.82, 2.24) is 10.2 Å². The zero-order valence-corrected chi connectivity index (χ0v) is 19.5. The van der Waals surface area contributed by atoms with Crippen molar-refractivity contribution in [3.8, 4) is 0 Å². The Morgan fingerprint density at radius 3 is 2.42 bits per heavy atom. The molecule has 7 heteroatoms. The molecule has 0 aromatic heterocycles. The molecule has 0 spiro atoms. The maximum Gasteiger partial charge on any atom is 0.241 e. The Morgan fingerprint density at radius 1 is 1.03 bits per heavy atom. The minimum atomic E-state index is -3.59. The topological polar surface area (TPSA) is 69.7 Å². The third-order valence-corrected chi connectivity index (χ3v) is 6.99. The van der Waals surface area contributed by atoms with Crippen LogP contribution < -0.4 is 9.62 Å². The van der Waals surface area contributed by atoms with Crippen molar-refractivity contribution in [3.05, 3.63) is 64.7 Å². The number of nitrogens with one attached hydrogen (secondary N) is 1. The van der Waals surface area contributed by atoms with Crippen LogP contribution in [0.5, 0.6) is 0 Å². The molecule has 31 heavy (non-hydrogen) atoms. The van der Waals surface area contributed by atoms with Gasteiger partial charge in [-0.25, -0.2) is 8.42 Å². The van der Waals surface area contributed by atoms with Crippen molar-refractivity contribution in [2.45, 2.75) is 46.2 Å². The van der Waals surface area contributed by atoms with Crippen molar-refractivity contribution in [2.75, 3.05) is 30.2 Å². The van der Waals surface area contributed by atoms with Gasteiger partial charge in [-0.3, -0.25) is 14.0 Å². The standard InChI is InChI=1S/C24H33N3O3S/c1-19-9-7-12-23(20(19)2)27(31(3,29)30)18-24(28)25-16-21-10-8-11-22(15-21)17-26-13-5-4-6-14-26/h7-12,15H,4-6,13-14,16-18H2,1-3H3,(H,25,28). The first-order chi connectivity index (χ1) is 14.7. The predicted octanol–water partition coefficient (Wildman–Crippen LogP) is 3.37. The van der Waals surface area contributed by atoms with Gasteiger partial charge in [-0.05, 0) is 68.1 Å². The predicted molar refractivity (Wildman–Crippen MR) is 126 cm³/mol. The zero-order chi connectivity index (χ0) is 22.4. The van der Waals surface area contributed by atoms with Gasteiger partial charge in [0.15, 0.2) is 0 Å². The number of nitrogens with zero attached hydrogens (tertiary/aromatic N) is 2. The summed E-state index contributed by atoms with van der Waals surface area (Å²) >= 11 is 0. The molecule has 0 bridgehead atoms. The largest absolute Gasteiger partial charge is 0.350 e. The molecule has 2 aromatic rings. The highest BCUT2D eigenvalue weighted by molar-refractivity contribution is 7.92. The van der Waals surface area contributed by atoms with E-state index in [4.69, 9.17) is 0 Å². The highest BCUT2D eigenvalue weighted by Gasteiger charge is 2.22. The Labute approximate surface area is 186 Å². The molecule has 1 aliphatic rings. The van der Waals surface area contributed by atoms with Gasteiger partial charge in [0, 0.05) is 13.1 Å². The quantitative estimate of drug-likeness (QED) is 0.679. The highest BCUT2D eigenvalue weighted by atomic mass is 32.2. The Morgan fingerprint density at radius 2 is 1.71 bits per heavy atom. The summed E-state index contributed by atoms with van der Waals surface area (Å²) in [6.45, 7) is 7.14. The number of anilines is 1. The summed E-state index contributed by atoms with van der Waals surface area (Å²) in [4.78, 5) is 15.1. The molecule has 2 aromatic carbocycles. The molecule has 6 nitrogen and oxygen atoms in total. The molecule has 1 N–H and O–H groups in total. The first-order valence-corrected chi connectivity index (χ1v) is 12.7. The lowest BCUT2D eigenvalue weighted by atomic mass is 10.1. The van der Waals surface area contributed by atoms with E-state index < -0.39 is 10.0 Å². The molecule has 0 atom stereocenters. The van der Waals surface area contributed by atoms with Crippen LogP contribution in [0, 0.1) is 13.8 Å². The maximum atomic E-state index is 12.6. The number of carbonyl (C=O) groups excluding carboxylic acids is 1. The second kappa shape index (κ2) is 10.3. The van der Waals surface area contributed by atoms with Crippen LogP contribution in [0.25, 0.3) is 0 Å². The molecule has 1 heterocycles. The minimum Gasteiger partial charge on any atom is -0.350 e. The number of rotatable bonds is 8. The van der Waals surface area contributed by atoms with Crippen LogP contribution in [0.2, 0.25) is 0 Å². The first-order valence-electron chi connectivity index (χ1n) is 10.8. The normalized spacial score (nSPS) is 14.9. The monoisotopic (exact) mass is 443 g/mol. The van der Waals surface area contributed by atoms with Crippen molar-refractivity contribution >= 4 is 21.6 Å². The van der Waals surface area contributed by atoms with E-state index in [2.05, 4.69) is 22.3 Å². The molecule has 1 fully saturated rings. The molecular weight excluding hydrogens is 410 g/mol. The minimum absolute atomic E-state index is 0.239. The molecule has 1 aliphatic heterocycles. The summed E-state index contributed by atoms with van der Waals surface area (Å²) in [7, 11) is -3.59. The number of piperidine rings is 1. The van der Waals surface area contributed by atoms with Crippen LogP contribution in [0.15, 0.2) is 42.5 Å². The summed E-state index contributed by atoms with van der Waals surface area (Å²) in [5.41, 5.74) is 4.63. The summed E-state index contributed by atoms with van der Waals surface area (Å²) in [6, 6.07) is 13.7. The van der Waals surface area contributed by atoms with Crippen LogP contribution in [-0.4, -0.2) is 45.1 Å². The van der Waals surface area contributed by atoms with Gasteiger partial charge in [0.2, 0.25) is 15.9 Å². The van der Waals surface area contributed by atoms with Gasteiger partial charge in [0.1, 0.15) is 6.54 Å². The lowest BCUT2D eigenvalue weighted by Gasteiger charge is -2.26. The van der Waals surface area contributed by atoms with Crippen molar-refractivity contribution in [2.24, 2.45) is 0 Å². The van der Waals surface area contributed by atoms with Gasteiger partial charge in [-0.15, -0.1) is 0 Å². The smallest absolute Gasteiger partial charge is 0.241 e. The van der Waals surface area contributed by atoms with Gasteiger partial charge in [0.25, 0.3) is 0 Å². The number of amides is 1. The highest BCUT2D eigenvalue weighted by Crippen LogP contribution is 2.24. The van der Waals surface area contributed by atoms with Crippen LogP contribution in [0.4, 0.5) is 5.69 Å². The van der Waals surface area contributed by atoms with Crippen LogP contribution in [0.3, 0.4) is 0 Å². The van der Waals surface area contributed by atoms with Gasteiger partial charge in [-0.1, -0.05) is 42.8 Å². The van der Waals surface area contributed by atoms with Crippen molar-refractivity contribution in [3.63, 3.8) is 0 Å². The number of likely N-dealkylation sites (tertiary alicyclic amines) is 1. The SMILES string of the molecule is Cc1cccc(N(CC(=O)NCc2cccc(CN3CCCCC3)c2)S(C)(=O)=O)c1C. The van der Waals surface area contributed by atoms with Crippen molar-refractivity contribution in [1.29, 1.82) is 0 Å². The number of hydrogen-bond donors (Lipinski definition) is 1. The van der Waals surface area contributed by atoms with Gasteiger partial charge in [-0.2, -0.15) is 0 Å². The number of benzene rings is 2. The molecular formula is C24H33N3O3S. The van der Waals surface area contributed by atoms with E-state index in [-0.39, 0.29) is 12.5 Å². The fourth-order valence-electron chi connectivity index (χ4n) is 3.99. The number of carbonyl (C=O) groups is 1. The Bertz CT molecular complexity index is 1010. The number of aryl methyl sites for hydroxylation is 1. The summed E-state index contributed by atoms with van der Waals surface area (Å²) in [5.74, 6) is -0.326. The third kappa shape index (κ3) is 6.55. The summed E-state index contributed by atoms with van der Waals surface area (Å²) < 4.78 is 25.9. The molecule has 0 saturated carbocycles. The van der Waals surface area contributed by atoms with Gasteiger partial charge < -0.3 is 5.32 Å². The van der Waals surface area contributed by atoms with Crippen LogP contribution >= 0.6 is 0 Å². The average Bonchev–Trinajstić information content (AvgIpc) is 2.73. The fourth-order valence-corrected chi connectivity index (χ4v) is 4.89. The lowest BCUT2D eigenvalue weighted by Crippen LogP contribution is -2.40. The molecule has 1 amide bonds. The van der Waals surface area contributed by atoms with E-state index in [1.165, 1.54) is 29.1 Å². The molecule has 0 aliphatic carbocycles. The van der Waals surface area contributed by atoms with Crippen LogP contribution in [0.1, 0.15) is 41.5 Å². The van der Waals surface area contributed by atoms with E-state index in [0.29, 0.717) is 12.2 Å². The molecule has 3 rings (SSSR count). The van der Waals surface area contributed by atoms with Gasteiger partial charge >= 0.3 is 0 Å². The van der Waals surface area contributed by atoms with E-state index in [9.17, 15) is 13.2 Å². The zero-order valence-electron chi connectivity index (χ0n) is 18.7. The molecule has 0 unspecified atom stereocenters. The van der Waals surface area contributed by atoms with E-state index in [1.54, 1.807) is 6.07 Å². The van der Waals surface area contributed by atoms with E-state index in [1.807, 2.05) is 38.1 Å². The molecule has 168 valence electrons. The molecule has 0 radical (unpaired) electrons. The second-order valence-corrected chi connectivity index (χ2v) is 10.3. The van der Waals surface area contributed by atoms with E-state index in [0.717, 1.165) is 42.6 Å². The Kier molecular flexibility index (Phi) is 7.73. The fraction of sp³-hybridized carbons (Fsp3) is 0.458. The summed E-state index contributed by atoms with van der Waals surface area (Å²) in [6.07, 6.45) is 4.96. The Balaban J connectivity index is 1.63.